The fourth-order valence-electron chi connectivity index (χ4n) is 4.52. The second-order valence-electron chi connectivity index (χ2n) is 7.77. The molecule has 1 aromatic carbocycles. The van der Waals surface area contributed by atoms with Crippen LogP contribution >= 0.6 is 0 Å². The summed E-state index contributed by atoms with van der Waals surface area (Å²) in [6, 6.07) is 4.07. The molecule has 6 heteroatoms. The van der Waals surface area contributed by atoms with Crippen molar-refractivity contribution in [1.29, 1.82) is 0 Å². The maximum atomic E-state index is 13.5. The van der Waals surface area contributed by atoms with Crippen LogP contribution in [0.25, 0.3) is 10.9 Å². The molecule has 1 aromatic heterocycles. The number of hydrogen-bond donors (Lipinski definition) is 1. The molecule has 3 nitrogen and oxygen atoms in total. The highest BCUT2D eigenvalue weighted by molar-refractivity contribution is 6.08. The van der Waals surface area contributed by atoms with Gasteiger partial charge in [0.05, 0.1) is 11.1 Å². The van der Waals surface area contributed by atoms with E-state index in [2.05, 4.69) is 17.5 Å². The lowest BCUT2D eigenvalue weighted by atomic mass is 9.65. The average Bonchev–Trinajstić information content (AvgIpc) is 3.06. The van der Waals surface area contributed by atoms with E-state index in [1.54, 1.807) is 16.8 Å². The lowest BCUT2D eigenvalue weighted by Crippen LogP contribution is -2.41. The normalized spacial score (nSPS) is 24.5. The van der Waals surface area contributed by atoms with Crippen molar-refractivity contribution in [2.75, 3.05) is 6.54 Å². The smallest absolute Gasteiger partial charge is 0.351 e. The molecule has 3 aliphatic rings. The predicted molar refractivity (Wildman–Crippen MR) is 98.5 cm³/mol. The predicted octanol–water partition coefficient (Wildman–Crippen LogP) is 5.16. The van der Waals surface area contributed by atoms with Crippen LogP contribution in [0.1, 0.15) is 48.5 Å². The molecule has 0 aliphatic heterocycles. The third-order valence-electron chi connectivity index (χ3n) is 6.15. The molecule has 0 unspecified atom stereocenters. The second-order valence-corrected chi connectivity index (χ2v) is 7.77. The van der Waals surface area contributed by atoms with Gasteiger partial charge in [-0.15, -0.1) is 0 Å². The number of carbonyl (C=O) groups is 1. The molecular weight excluding hydrogens is 353 g/mol. The van der Waals surface area contributed by atoms with Gasteiger partial charge in [-0.05, 0) is 50.7 Å². The monoisotopic (exact) mass is 376 g/mol. The third-order valence-corrected chi connectivity index (χ3v) is 6.15. The third kappa shape index (κ3) is 3.15. The Labute approximate surface area is 156 Å². The highest BCUT2D eigenvalue weighted by atomic mass is 19.4. The van der Waals surface area contributed by atoms with Crippen molar-refractivity contribution in [2.45, 2.75) is 45.3 Å². The van der Waals surface area contributed by atoms with Gasteiger partial charge in [-0.3, -0.25) is 4.79 Å². The van der Waals surface area contributed by atoms with E-state index < -0.39 is 17.6 Å². The summed E-state index contributed by atoms with van der Waals surface area (Å²) in [5.41, 5.74) is -0.257. The molecule has 3 aliphatic carbocycles. The average molecular weight is 376 g/mol. The van der Waals surface area contributed by atoms with E-state index in [1.807, 2.05) is 6.92 Å². The summed E-state index contributed by atoms with van der Waals surface area (Å²) in [6.45, 7) is 2.83. The van der Waals surface area contributed by atoms with Gasteiger partial charge in [-0.1, -0.05) is 18.2 Å². The molecule has 0 saturated heterocycles. The van der Waals surface area contributed by atoms with Gasteiger partial charge >= 0.3 is 6.18 Å². The summed E-state index contributed by atoms with van der Waals surface area (Å²) in [5.74, 6) is 0.221. The van der Waals surface area contributed by atoms with E-state index in [0.717, 1.165) is 31.7 Å². The number of aromatic nitrogens is 1. The van der Waals surface area contributed by atoms with Crippen LogP contribution in [-0.2, 0) is 12.7 Å². The van der Waals surface area contributed by atoms with Gasteiger partial charge in [-0.25, -0.2) is 0 Å². The first-order valence-corrected chi connectivity index (χ1v) is 9.49. The van der Waals surface area contributed by atoms with Crippen molar-refractivity contribution in [1.82, 2.24) is 9.88 Å². The first-order chi connectivity index (χ1) is 12.8. The highest BCUT2D eigenvalue weighted by Crippen LogP contribution is 2.45. The first-order valence-electron chi connectivity index (χ1n) is 9.49. The molecule has 1 saturated carbocycles. The summed E-state index contributed by atoms with van der Waals surface area (Å²) in [4.78, 5) is 12.9. The number of carbonyl (C=O) groups excluding carboxylic acids is 1. The Morgan fingerprint density at radius 3 is 2.63 bits per heavy atom. The zero-order chi connectivity index (χ0) is 19.2. The molecule has 0 radical (unpaired) electrons. The van der Waals surface area contributed by atoms with Crippen LogP contribution in [0.4, 0.5) is 13.2 Å². The lowest BCUT2D eigenvalue weighted by molar-refractivity contribution is -0.136. The Kier molecular flexibility index (Phi) is 4.32. The van der Waals surface area contributed by atoms with Crippen LogP contribution in [0, 0.1) is 11.3 Å². The molecule has 0 spiro atoms. The van der Waals surface area contributed by atoms with Gasteiger partial charge in [0.15, 0.2) is 0 Å². The SMILES string of the molecule is CCn1cc(C(=O)NCC23C=CC(CC2)CC3)c2c(C(F)(F)F)cccc21. The molecular formula is C21H23F3N2O. The molecule has 2 bridgehead atoms. The Morgan fingerprint density at radius 1 is 1.30 bits per heavy atom. The molecule has 1 N–H and O–H groups in total. The highest BCUT2D eigenvalue weighted by Gasteiger charge is 2.38. The van der Waals surface area contributed by atoms with Gasteiger partial charge in [0.1, 0.15) is 0 Å². The van der Waals surface area contributed by atoms with Crippen LogP contribution in [-0.4, -0.2) is 17.0 Å². The molecule has 1 heterocycles. The van der Waals surface area contributed by atoms with Crippen molar-refractivity contribution in [3.05, 3.63) is 47.7 Å². The van der Waals surface area contributed by atoms with Gasteiger partial charge in [0.25, 0.3) is 5.91 Å². The van der Waals surface area contributed by atoms with E-state index in [1.165, 1.54) is 6.07 Å². The topological polar surface area (TPSA) is 34.0 Å². The number of fused-ring (bicyclic) bond motifs is 3. The Bertz CT molecular complexity index is 902. The summed E-state index contributed by atoms with van der Waals surface area (Å²) < 4.78 is 42.3. The van der Waals surface area contributed by atoms with Gasteiger partial charge in [0.2, 0.25) is 0 Å². The molecule has 5 rings (SSSR count). The van der Waals surface area contributed by atoms with Gasteiger partial charge in [-0.2, -0.15) is 13.2 Å². The van der Waals surface area contributed by atoms with E-state index >= 15 is 0 Å². The lowest BCUT2D eigenvalue weighted by Gasteiger charge is -2.42. The van der Waals surface area contributed by atoms with Gasteiger partial charge in [0, 0.05) is 35.6 Å². The quantitative estimate of drug-likeness (QED) is 0.735. The molecule has 144 valence electrons. The van der Waals surface area contributed by atoms with Crippen LogP contribution in [0.15, 0.2) is 36.5 Å². The van der Waals surface area contributed by atoms with Gasteiger partial charge < -0.3 is 9.88 Å². The van der Waals surface area contributed by atoms with Crippen molar-refractivity contribution in [3.8, 4) is 0 Å². The van der Waals surface area contributed by atoms with Crippen LogP contribution < -0.4 is 5.32 Å². The van der Waals surface area contributed by atoms with Crippen LogP contribution in [0.2, 0.25) is 0 Å². The standard InChI is InChI=1S/C21H23F3N2O/c1-2-26-12-15(18-16(21(22,23)24)4-3-5-17(18)26)19(27)25-13-20-9-6-14(7-10-20)8-11-20/h3-6,9,12,14H,2,7-8,10-11,13H2,1H3,(H,25,27). The van der Waals surface area contributed by atoms with E-state index in [4.69, 9.17) is 0 Å². The number of aryl methyl sites for hydroxylation is 1. The fourth-order valence-corrected chi connectivity index (χ4v) is 4.52. The van der Waals surface area contributed by atoms with Crippen molar-refractivity contribution in [2.24, 2.45) is 11.3 Å². The number of halogens is 3. The Balaban J connectivity index is 1.67. The van der Waals surface area contributed by atoms with E-state index in [-0.39, 0.29) is 16.4 Å². The largest absolute Gasteiger partial charge is 0.417 e. The van der Waals surface area contributed by atoms with Crippen molar-refractivity contribution in [3.63, 3.8) is 0 Å². The Morgan fingerprint density at radius 2 is 2.04 bits per heavy atom. The summed E-state index contributed by atoms with van der Waals surface area (Å²) in [6.07, 6.45) is 5.76. The number of hydrogen-bond acceptors (Lipinski definition) is 1. The fraction of sp³-hybridized carbons (Fsp3) is 0.476. The van der Waals surface area contributed by atoms with Crippen molar-refractivity contribution >= 4 is 16.8 Å². The number of rotatable bonds is 4. The van der Waals surface area contributed by atoms with Crippen LogP contribution in [0.5, 0.6) is 0 Å². The maximum Gasteiger partial charge on any atom is 0.417 e. The molecule has 2 aromatic rings. The number of alkyl halides is 3. The molecule has 0 atom stereocenters. The number of nitrogens with one attached hydrogen (secondary N) is 1. The second kappa shape index (κ2) is 6.43. The number of nitrogens with zero attached hydrogens (tertiary/aromatic N) is 1. The summed E-state index contributed by atoms with van der Waals surface area (Å²) >= 11 is 0. The first kappa shape index (κ1) is 18.1. The molecule has 27 heavy (non-hydrogen) atoms. The molecule has 1 fully saturated rings. The van der Waals surface area contributed by atoms with Crippen LogP contribution in [0.3, 0.4) is 0 Å². The minimum absolute atomic E-state index is 0.00950. The maximum absolute atomic E-state index is 13.5. The molecule has 1 amide bonds. The minimum atomic E-state index is -4.50. The minimum Gasteiger partial charge on any atom is -0.351 e. The van der Waals surface area contributed by atoms with E-state index in [9.17, 15) is 18.0 Å². The number of allylic oxidation sites excluding steroid dienone is 1. The van der Waals surface area contributed by atoms with Crippen molar-refractivity contribution < 1.29 is 18.0 Å². The zero-order valence-electron chi connectivity index (χ0n) is 15.3. The Hall–Kier alpha value is -2.24. The zero-order valence-corrected chi connectivity index (χ0v) is 15.3. The summed E-state index contributed by atoms with van der Waals surface area (Å²) in [5, 5.41) is 2.91. The summed E-state index contributed by atoms with van der Waals surface area (Å²) in [7, 11) is 0. The number of amides is 1. The van der Waals surface area contributed by atoms with E-state index in [0.29, 0.717) is 24.5 Å². The number of benzene rings is 1.